The van der Waals surface area contributed by atoms with Crippen molar-refractivity contribution in [2.45, 2.75) is 31.8 Å². The Balaban J connectivity index is 1.52. The first-order valence-electron chi connectivity index (χ1n) is 6.23. The molecule has 0 aromatic carbocycles. The lowest BCUT2D eigenvalue weighted by Crippen LogP contribution is -2.35. The minimum Gasteiger partial charge on any atom is -0.337 e. The second kappa shape index (κ2) is 6.01. The van der Waals surface area contributed by atoms with Gasteiger partial charge in [0.2, 0.25) is 0 Å². The summed E-state index contributed by atoms with van der Waals surface area (Å²) in [6.45, 7) is 4.57. The predicted molar refractivity (Wildman–Crippen MR) is 65.4 cm³/mol. The molecule has 0 saturated carbocycles. The average Bonchev–Trinajstić information content (AvgIpc) is 2.90. The van der Waals surface area contributed by atoms with Gasteiger partial charge >= 0.3 is 0 Å². The maximum absolute atomic E-state index is 4.03. The van der Waals surface area contributed by atoms with Gasteiger partial charge in [-0.1, -0.05) is 0 Å². The summed E-state index contributed by atoms with van der Waals surface area (Å²) in [5, 5.41) is 3.54. The summed E-state index contributed by atoms with van der Waals surface area (Å²) in [4.78, 5) is 6.49. The zero-order chi connectivity index (χ0) is 11.2. The Bertz CT molecular complexity index is 283. The van der Waals surface area contributed by atoms with Crippen molar-refractivity contribution in [3.8, 4) is 0 Å². The molecule has 1 aromatic rings. The minimum atomic E-state index is 0.758. The van der Waals surface area contributed by atoms with Crippen LogP contribution in [0.4, 0.5) is 0 Å². The number of hydrogen-bond donors (Lipinski definition) is 1. The standard InChI is InChI=1S/C12H22N4/c1-15-7-2-4-12(15)10-13-5-3-8-16-9-6-14-11-16/h6,9,11-13H,2-5,7-8,10H2,1H3. The molecule has 1 aromatic heterocycles. The van der Waals surface area contributed by atoms with Crippen molar-refractivity contribution in [1.29, 1.82) is 0 Å². The molecule has 2 rings (SSSR count). The van der Waals surface area contributed by atoms with E-state index in [1.54, 1.807) is 0 Å². The molecule has 90 valence electrons. The summed E-state index contributed by atoms with van der Waals surface area (Å²) in [5.74, 6) is 0. The molecule has 1 unspecified atom stereocenters. The summed E-state index contributed by atoms with van der Waals surface area (Å²) in [5.41, 5.74) is 0. The van der Waals surface area contributed by atoms with E-state index in [1.165, 1.54) is 25.8 Å². The van der Waals surface area contributed by atoms with Crippen LogP contribution in [0.2, 0.25) is 0 Å². The van der Waals surface area contributed by atoms with Crippen LogP contribution >= 0.6 is 0 Å². The molecule has 0 spiro atoms. The molecule has 4 nitrogen and oxygen atoms in total. The molecule has 1 fully saturated rings. The van der Waals surface area contributed by atoms with Crippen molar-refractivity contribution in [1.82, 2.24) is 19.8 Å². The highest BCUT2D eigenvalue weighted by atomic mass is 15.2. The molecular weight excluding hydrogens is 200 g/mol. The fraction of sp³-hybridized carbons (Fsp3) is 0.750. The average molecular weight is 222 g/mol. The highest BCUT2D eigenvalue weighted by molar-refractivity contribution is 4.78. The van der Waals surface area contributed by atoms with Crippen LogP contribution in [0.25, 0.3) is 0 Å². The number of aryl methyl sites for hydroxylation is 1. The van der Waals surface area contributed by atoms with Gasteiger partial charge in [-0.25, -0.2) is 4.98 Å². The summed E-state index contributed by atoms with van der Waals surface area (Å²) in [6.07, 6.45) is 9.62. The molecule has 1 aliphatic heterocycles. The monoisotopic (exact) mass is 222 g/mol. The second-order valence-electron chi connectivity index (χ2n) is 4.63. The van der Waals surface area contributed by atoms with Crippen molar-refractivity contribution in [3.63, 3.8) is 0 Å². The fourth-order valence-corrected chi connectivity index (χ4v) is 2.31. The van der Waals surface area contributed by atoms with Crippen LogP contribution in [0, 0.1) is 0 Å². The molecule has 0 bridgehead atoms. The lowest BCUT2D eigenvalue weighted by atomic mass is 10.2. The highest BCUT2D eigenvalue weighted by Crippen LogP contribution is 2.13. The number of hydrogen-bond acceptors (Lipinski definition) is 3. The number of likely N-dealkylation sites (N-methyl/N-ethyl adjacent to an activating group) is 1. The van der Waals surface area contributed by atoms with Gasteiger partial charge in [0.1, 0.15) is 0 Å². The number of imidazole rings is 1. The first-order chi connectivity index (χ1) is 7.86. The Labute approximate surface area is 97.7 Å². The molecule has 1 aliphatic rings. The Morgan fingerprint density at radius 1 is 1.50 bits per heavy atom. The molecule has 2 heterocycles. The van der Waals surface area contributed by atoms with E-state index < -0.39 is 0 Å². The van der Waals surface area contributed by atoms with Gasteiger partial charge in [0.15, 0.2) is 0 Å². The topological polar surface area (TPSA) is 33.1 Å². The number of nitrogens with one attached hydrogen (secondary N) is 1. The van der Waals surface area contributed by atoms with Gasteiger partial charge in [0.25, 0.3) is 0 Å². The minimum absolute atomic E-state index is 0.758. The van der Waals surface area contributed by atoms with Crippen molar-refractivity contribution in [2.75, 3.05) is 26.7 Å². The van der Waals surface area contributed by atoms with E-state index in [4.69, 9.17) is 0 Å². The molecule has 16 heavy (non-hydrogen) atoms. The number of likely N-dealkylation sites (tertiary alicyclic amines) is 1. The third-order valence-corrected chi connectivity index (χ3v) is 3.38. The van der Waals surface area contributed by atoms with E-state index in [2.05, 4.69) is 26.8 Å². The fourth-order valence-electron chi connectivity index (χ4n) is 2.31. The molecule has 0 amide bonds. The number of nitrogens with zero attached hydrogens (tertiary/aromatic N) is 3. The summed E-state index contributed by atoms with van der Waals surface area (Å²) in [6, 6.07) is 0.758. The Hall–Kier alpha value is -0.870. The van der Waals surface area contributed by atoms with Gasteiger partial charge in [-0.3, -0.25) is 0 Å². The highest BCUT2D eigenvalue weighted by Gasteiger charge is 2.19. The van der Waals surface area contributed by atoms with E-state index in [9.17, 15) is 0 Å². The van der Waals surface area contributed by atoms with Crippen LogP contribution in [-0.2, 0) is 6.54 Å². The third kappa shape index (κ3) is 3.32. The van der Waals surface area contributed by atoms with Crippen molar-refractivity contribution in [3.05, 3.63) is 18.7 Å². The molecule has 1 atom stereocenters. The van der Waals surface area contributed by atoms with Gasteiger partial charge in [0.05, 0.1) is 6.33 Å². The van der Waals surface area contributed by atoms with Gasteiger partial charge in [-0.05, 0) is 39.4 Å². The van der Waals surface area contributed by atoms with Crippen LogP contribution in [0.3, 0.4) is 0 Å². The van der Waals surface area contributed by atoms with Crippen molar-refractivity contribution < 1.29 is 0 Å². The predicted octanol–water partition coefficient (Wildman–Crippen LogP) is 0.957. The Morgan fingerprint density at radius 3 is 3.12 bits per heavy atom. The lowest BCUT2D eigenvalue weighted by Gasteiger charge is -2.19. The van der Waals surface area contributed by atoms with Crippen molar-refractivity contribution in [2.24, 2.45) is 0 Å². The van der Waals surface area contributed by atoms with Crippen LogP contribution < -0.4 is 5.32 Å². The quantitative estimate of drug-likeness (QED) is 0.728. The summed E-state index contributed by atoms with van der Waals surface area (Å²) < 4.78 is 2.13. The van der Waals surface area contributed by atoms with Crippen LogP contribution in [-0.4, -0.2) is 47.2 Å². The second-order valence-corrected chi connectivity index (χ2v) is 4.63. The van der Waals surface area contributed by atoms with Crippen molar-refractivity contribution >= 4 is 0 Å². The van der Waals surface area contributed by atoms with Crippen LogP contribution in [0.5, 0.6) is 0 Å². The van der Waals surface area contributed by atoms with Gasteiger partial charge < -0.3 is 14.8 Å². The maximum Gasteiger partial charge on any atom is 0.0945 e. The Kier molecular flexibility index (Phi) is 4.36. The van der Waals surface area contributed by atoms with E-state index in [0.717, 1.165) is 25.7 Å². The first-order valence-corrected chi connectivity index (χ1v) is 6.23. The maximum atomic E-state index is 4.03. The number of rotatable bonds is 6. The first kappa shape index (κ1) is 11.6. The van der Waals surface area contributed by atoms with E-state index in [-0.39, 0.29) is 0 Å². The molecule has 0 radical (unpaired) electrons. The zero-order valence-electron chi connectivity index (χ0n) is 10.1. The molecule has 1 saturated heterocycles. The van der Waals surface area contributed by atoms with Crippen LogP contribution in [0.1, 0.15) is 19.3 Å². The van der Waals surface area contributed by atoms with E-state index >= 15 is 0 Å². The Morgan fingerprint density at radius 2 is 2.44 bits per heavy atom. The van der Waals surface area contributed by atoms with Gasteiger partial charge in [-0.15, -0.1) is 0 Å². The third-order valence-electron chi connectivity index (χ3n) is 3.38. The summed E-state index contributed by atoms with van der Waals surface area (Å²) in [7, 11) is 2.23. The molecular formula is C12H22N4. The lowest BCUT2D eigenvalue weighted by molar-refractivity contribution is 0.300. The van der Waals surface area contributed by atoms with Gasteiger partial charge in [-0.2, -0.15) is 0 Å². The largest absolute Gasteiger partial charge is 0.337 e. The van der Waals surface area contributed by atoms with E-state index in [0.29, 0.717) is 0 Å². The SMILES string of the molecule is CN1CCCC1CNCCCn1ccnc1. The van der Waals surface area contributed by atoms with Gasteiger partial charge in [0, 0.05) is 31.5 Å². The van der Waals surface area contributed by atoms with E-state index in [1.807, 2.05) is 18.7 Å². The summed E-state index contributed by atoms with van der Waals surface area (Å²) >= 11 is 0. The molecule has 1 N–H and O–H groups in total. The smallest absolute Gasteiger partial charge is 0.0945 e. The van der Waals surface area contributed by atoms with Crippen LogP contribution in [0.15, 0.2) is 18.7 Å². The molecule has 0 aliphatic carbocycles. The number of aromatic nitrogens is 2. The normalized spacial score (nSPS) is 21.7. The molecule has 4 heteroatoms. The zero-order valence-corrected chi connectivity index (χ0v) is 10.1.